The maximum absolute atomic E-state index is 13.0. The van der Waals surface area contributed by atoms with Gasteiger partial charge in [-0.2, -0.15) is 9.97 Å². The van der Waals surface area contributed by atoms with E-state index in [9.17, 15) is 9.59 Å². The highest BCUT2D eigenvalue weighted by molar-refractivity contribution is 6.05. The minimum atomic E-state index is -0.726. The number of benzene rings is 1. The number of carbonyl (C=O) groups is 2. The zero-order chi connectivity index (χ0) is 20.5. The fourth-order valence-corrected chi connectivity index (χ4v) is 3.85. The van der Waals surface area contributed by atoms with E-state index in [-0.39, 0.29) is 24.1 Å². The number of hydrogen-bond donors (Lipinski definition) is 3. The van der Waals surface area contributed by atoms with Crippen molar-refractivity contribution in [1.82, 2.24) is 9.97 Å². The van der Waals surface area contributed by atoms with Gasteiger partial charge < -0.3 is 21.3 Å². The first-order valence-electron chi connectivity index (χ1n) is 10.1. The standard InChI is InChI=1S/C21H26N6O2/c1-12(2)13-5-7-14(8-6-13)23-20(29)15-11-16(28)24-19-17(15)18(22)25-21(26-19)27-9-3-4-10-27/h5-8,12,15H,3-4,9-11H2,1-2H3,(H,23,29)(H3,22,24,25,26,28)/t15-/m1/s1. The van der Waals surface area contributed by atoms with Crippen molar-refractivity contribution in [3.63, 3.8) is 0 Å². The summed E-state index contributed by atoms with van der Waals surface area (Å²) >= 11 is 0. The van der Waals surface area contributed by atoms with E-state index in [4.69, 9.17) is 5.73 Å². The van der Waals surface area contributed by atoms with Crippen molar-refractivity contribution in [1.29, 1.82) is 0 Å². The molecule has 0 bridgehead atoms. The third kappa shape index (κ3) is 3.87. The summed E-state index contributed by atoms with van der Waals surface area (Å²) < 4.78 is 0. The third-order valence-electron chi connectivity index (χ3n) is 5.51. The quantitative estimate of drug-likeness (QED) is 0.735. The third-order valence-corrected chi connectivity index (χ3v) is 5.51. The molecule has 2 amide bonds. The van der Waals surface area contributed by atoms with Crippen molar-refractivity contribution < 1.29 is 9.59 Å². The monoisotopic (exact) mass is 394 g/mol. The largest absolute Gasteiger partial charge is 0.383 e. The summed E-state index contributed by atoms with van der Waals surface area (Å²) in [6, 6.07) is 7.71. The Hall–Kier alpha value is -3.16. The molecule has 4 N–H and O–H groups in total. The minimum Gasteiger partial charge on any atom is -0.383 e. The highest BCUT2D eigenvalue weighted by Gasteiger charge is 2.35. The lowest BCUT2D eigenvalue weighted by atomic mass is 9.91. The first-order valence-corrected chi connectivity index (χ1v) is 10.1. The van der Waals surface area contributed by atoms with Crippen molar-refractivity contribution in [2.75, 3.05) is 34.4 Å². The molecule has 152 valence electrons. The molecule has 29 heavy (non-hydrogen) atoms. The summed E-state index contributed by atoms with van der Waals surface area (Å²) in [4.78, 5) is 36.2. The molecule has 1 saturated heterocycles. The molecule has 2 aliphatic rings. The van der Waals surface area contributed by atoms with Crippen LogP contribution in [0.15, 0.2) is 24.3 Å². The first kappa shape index (κ1) is 19.2. The van der Waals surface area contributed by atoms with Crippen molar-refractivity contribution >= 4 is 35.1 Å². The Labute approximate surface area is 169 Å². The number of carbonyl (C=O) groups excluding carboxylic acids is 2. The van der Waals surface area contributed by atoms with Gasteiger partial charge in [0.05, 0.1) is 11.5 Å². The molecular weight excluding hydrogens is 368 g/mol. The van der Waals surface area contributed by atoms with E-state index in [0.29, 0.717) is 28.9 Å². The molecular formula is C21H26N6O2. The molecule has 8 heteroatoms. The van der Waals surface area contributed by atoms with Crippen LogP contribution in [-0.4, -0.2) is 34.9 Å². The van der Waals surface area contributed by atoms with Gasteiger partial charge in [0.25, 0.3) is 0 Å². The lowest BCUT2D eigenvalue weighted by Crippen LogP contribution is -2.33. The number of aromatic nitrogens is 2. The molecule has 4 rings (SSSR count). The molecule has 0 radical (unpaired) electrons. The number of nitrogens with one attached hydrogen (secondary N) is 2. The normalized spacial score (nSPS) is 18.5. The molecule has 3 heterocycles. The first-order chi connectivity index (χ1) is 13.9. The van der Waals surface area contributed by atoms with Crippen LogP contribution in [0.25, 0.3) is 0 Å². The average molecular weight is 394 g/mol. The average Bonchev–Trinajstić information content (AvgIpc) is 3.22. The van der Waals surface area contributed by atoms with Gasteiger partial charge in [0.1, 0.15) is 11.6 Å². The van der Waals surface area contributed by atoms with Gasteiger partial charge in [0, 0.05) is 25.2 Å². The molecule has 1 fully saturated rings. The fourth-order valence-electron chi connectivity index (χ4n) is 3.85. The second-order valence-corrected chi connectivity index (χ2v) is 7.94. The van der Waals surface area contributed by atoms with Crippen molar-refractivity contribution in [3.05, 3.63) is 35.4 Å². The second kappa shape index (κ2) is 7.69. The van der Waals surface area contributed by atoms with Gasteiger partial charge in [-0.25, -0.2) is 0 Å². The number of fused-ring (bicyclic) bond motifs is 1. The predicted octanol–water partition coefficient (Wildman–Crippen LogP) is 2.85. The van der Waals surface area contributed by atoms with Crippen LogP contribution in [0.4, 0.5) is 23.3 Å². The van der Waals surface area contributed by atoms with Crippen LogP contribution in [0.2, 0.25) is 0 Å². The van der Waals surface area contributed by atoms with Crippen LogP contribution in [-0.2, 0) is 9.59 Å². The van der Waals surface area contributed by atoms with Crippen LogP contribution in [0.3, 0.4) is 0 Å². The summed E-state index contributed by atoms with van der Waals surface area (Å²) in [5.74, 6) is 0.231. The maximum atomic E-state index is 13.0. The van der Waals surface area contributed by atoms with Crippen LogP contribution in [0.5, 0.6) is 0 Å². The molecule has 0 saturated carbocycles. The smallest absolute Gasteiger partial charge is 0.232 e. The summed E-state index contributed by atoms with van der Waals surface area (Å²) in [6.45, 7) is 5.96. The highest BCUT2D eigenvalue weighted by Crippen LogP contribution is 2.37. The molecule has 8 nitrogen and oxygen atoms in total. The van der Waals surface area contributed by atoms with Gasteiger partial charge in [-0.1, -0.05) is 26.0 Å². The zero-order valence-corrected chi connectivity index (χ0v) is 16.7. The molecule has 1 aromatic heterocycles. The van der Waals surface area contributed by atoms with E-state index >= 15 is 0 Å². The van der Waals surface area contributed by atoms with Crippen LogP contribution in [0.1, 0.15) is 56.1 Å². The summed E-state index contributed by atoms with van der Waals surface area (Å²) in [5, 5.41) is 5.65. The SMILES string of the molecule is CC(C)c1ccc(NC(=O)[C@@H]2CC(=O)Nc3nc(N4CCCC4)nc(N)c32)cc1. The van der Waals surface area contributed by atoms with E-state index in [1.807, 2.05) is 29.2 Å². The predicted molar refractivity (Wildman–Crippen MR) is 113 cm³/mol. The Balaban J connectivity index is 1.60. The van der Waals surface area contributed by atoms with E-state index in [0.717, 1.165) is 25.9 Å². The van der Waals surface area contributed by atoms with E-state index in [1.165, 1.54) is 5.56 Å². The topological polar surface area (TPSA) is 113 Å². The van der Waals surface area contributed by atoms with Crippen LogP contribution < -0.4 is 21.3 Å². The van der Waals surface area contributed by atoms with Gasteiger partial charge in [0.2, 0.25) is 17.8 Å². The molecule has 0 unspecified atom stereocenters. The molecule has 1 aromatic carbocycles. The van der Waals surface area contributed by atoms with Gasteiger partial charge in [-0.15, -0.1) is 0 Å². The van der Waals surface area contributed by atoms with Crippen LogP contribution >= 0.6 is 0 Å². The molecule has 0 spiro atoms. The second-order valence-electron chi connectivity index (χ2n) is 7.94. The van der Waals surface area contributed by atoms with Crippen molar-refractivity contribution in [2.24, 2.45) is 0 Å². The molecule has 2 aromatic rings. The number of nitrogens with zero attached hydrogens (tertiary/aromatic N) is 3. The Morgan fingerprint density at radius 3 is 2.55 bits per heavy atom. The summed E-state index contributed by atoms with van der Waals surface area (Å²) in [5.41, 5.74) is 8.58. The maximum Gasteiger partial charge on any atom is 0.232 e. The number of amides is 2. The lowest BCUT2D eigenvalue weighted by Gasteiger charge is -2.26. The Bertz CT molecular complexity index is 935. The summed E-state index contributed by atoms with van der Waals surface area (Å²) in [7, 11) is 0. The van der Waals surface area contributed by atoms with E-state index in [2.05, 4.69) is 34.4 Å². The van der Waals surface area contributed by atoms with Crippen LogP contribution in [0, 0.1) is 0 Å². The summed E-state index contributed by atoms with van der Waals surface area (Å²) in [6.07, 6.45) is 2.17. The minimum absolute atomic E-state index is 0.0134. The van der Waals surface area contributed by atoms with Crippen molar-refractivity contribution in [3.8, 4) is 0 Å². The van der Waals surface area contributed by atoms with Gasteiger partial charge in [-0.3, -0.25) is 9.59 Å². The zero-order valence-electron chi connectivity index (χ0n) is 16.7. The van der Waals surface area contributed by atoms with Gasteiger partial charge >= 0.3 is 0 Å². The Kier molecular flexibility index (Phi) is 5.08. The number of nitrogens with two attached hydrogens (primary N) is 1. The molecule has 2 aliphatic heterocycles. The highest BCUT2D eigenvalue weighted by atomic mass is 16.2. The molecule has 1 atom stereocenters. The lowest BCUT2D eigenvalue weighted by molar-refractivity contribution is -0.123. The number of hydrogen-bond acceptors (Lipinski definition) is 6. The van der Waals surface area contributed by atoms with Gasteiger partial charge in [0.15, 0.2) is 0 Å². The fraction of sp³-hybridized carbons (Fsp3) is 0.429. The Morgan fingerprint density at radius 1 is 1.21 bits per heavy atom. The van der Waals surface area contributed by atoms with E-state index in [1.54, 1.807) is 0 Å². The van der Waals surface area contributed by atoms with E-state index < -0.39 is 5.92 Å². The molecule has 0 aliphatic carbocycles. The number of rotatable bonds is 4. The Morgan fingerprint density at radius 2 is 1.90 bits per heavy atom. The number of anilines is 4. The van der Waals surface area contributed by atoms with Crippen molar-refractivity contribution in [2.45, 2.75) is 44.9 Å². The number of nitrogen functional groups attached to an aromatic ring is 1. The van der Waals surface area contributed by atoms with Gasteiger partial charge in [-0.05, 0) is 36.5 Å².